The van der Waals surface area contributed by atoms with E-state index in [4.69, 9.17) is 5.73 Å². The second kappa shape index (κ2) is 6.06. The number of hydrogen-bond donors (Lipinski definition) is 2. The fourth-order valence-corrected chi connectivity index (χ4v) is 2.09. The van der Waals surface area contributed by atoms with Crippen molar-refractivity contribution in [3.63, 3.8) is 0 Å². The summed E-state index contributed by atoms with van der Waals surface area (Å²) in [5, 5.41) is 13.9. The maximum atomic E-state index is 10.7. The van der Waals surface area contributed by atoms with Gasteiger partial charge in [0.1, 0.15) is 0 Å². The van der Waals surface area contributed by atoms with Gasteiger partial charge >= 0.3 is 0 Å². The second-order valence-corrected chi connectivity index (χ2v) is 4.50. The molecule has 0 saturated carbocycles. The highest BCUT2D eigenvalue weighted by Gasteiger charge is 2.08. The van der Waals surface area contributed by atoms with Crippen molar-refractivity contribution in [1.29, 1.82) is 0 Å². The molecule has 0 aromatic heterocycles. The van der Waals surface area contributed by atoms with E-state index in [9.17, 15) is 10.1 Å². The number of aryl methyl sites for hydroxylation is 1. The summed E-state index contributed by atoms with van der Waals surface area (Å²) >= 11 is 0. The molecule has 0 amide bonds. The Hall–Kier alpha value is -2.56. The maximum absolute atomic E-state index is 10.7. The van der Waals surface area contributed by atoms with Gasteiger partial charge < -0.3 is 11.1 Å². The van der Waals surface area contributed by atoms with Crippen LogP contribution >= 0.6 is 0 Å². The zero-order chi connectivity index (χ0) is 14.5. The zero-order valence-electron chi connectivity index (χ0n) is 11.3. The van der Waals surface area contributed by atoms with Crippen LogP contribution in [0, 0.1) is 10.1 Å². The average Bonchev–Trinajstić information content (AvgIpc) is 2.46. The largest absolute Gasteiger partial charge is 0.397 e. The molecule has 20 heavy (non-hydrogen) atoms. The van der Waals surface area contributed by atoms with E-state index >= 15 is 0 Å². The Morgan fingerprint density at radius 3 is 2.50 bits per heavy atom. The quantitative estimate of drug-likeness (QED) is 0.496. The predicted molar refractivity (Wildman–Crippen MR) is 80.7 cm³/mol. The monoisotopic (exact) mass is 271 g/mol. The molecule has 2 aromatic carbocycles. The number of rotatable bonds is 5. The van der Waals surface area contributed by atoms with Gasteiger partial charge in [-0.2, -0.15) is 0 Å². The topological polar surface area (TPSA) is 81.2 Å². The van der Waals surface area contributed by atoms with E-state index in [1.807, 2.05) is 12.1 Å². The van der Waals surface area contributed by atoms with Crippen LogP contribution in [0.4, 0.5) is 17.1 Å². The van der Waals surface area contributed by atoms with Crippen LogP contribution < -0.4 is 11.1 Å². The first-order valence-electron chi connectivity index (χ1n) is 6.46. The third-order valence-corrected chi connectivity index (χ3v) is 3.21. The Balaban J connectivity index is 2.13. The SMILES string of the molecule is CCc1ccccc1CNc1ccc([N+](=O)[O-])cc1N. The van der Waals surface area contributed by atoms with Crippen LogP contribution in [-0.2, 0) is 13.0 Å². The number of benzene rings is 2. The first-order valence-corrected chi connectivity index (χ1v) is 6.46. The Kier molecular flexibility index (Phi) is 4.20. The molecule has 2 aromatic rings. The molecule has 0 aliphatic heterocycles. The van der Waals surface area contributed by atoms with E-state index in [2.05, 4.69) is 24.4 Å². The van der Waals surface area contributed by atoms with Crippen molar-refractivity contribution in [1.82, 2.24) is 0 Å². The van der Waals surface area contributed by atoms with Crippen molar-refractivity contribution in [2.45, 2.75) is 19.9 Å². The Morgan fingerprint density at radius 2 is 1.90 bits per heavy atom. The lowest BCUT2D eigenvalue weighted by molar-refractivity contribution is -0.384. The summed E-state index contributed by atoms with van der Waals surface area (Å²) in [4.78, 5) is 10.2. The van der Waals surface area contributed by atoms with Gasteiger partial charge in [0.2, 0.25) is 0 Å². The number of nitrogens with one attached hydrogen (secondary N) is 1. The van der Waals surface area contributed by atoms with E-state index in [0.717, 1.165) is 6.42 Å². The van der Waals surface area contributed by atoms with Crippen molar-refractivity contribution in [3.05, 3.63) is 63.7 Å². The van der Waals surface area contributed by atoms with Crippen LogP contribution in [0.25, 0.3) is 0 Å². The number of nitrogen functional groups attached to an aromatic ring is 1. The fourth-order valence-electron chi connectivity index (χ4n) is 2.09. The molecule has 0 bridgehead atoms. The summed E-state index contributed by atoms with van der Waals surface area (Å²) in [5.41, 5.74) is 9.40. The predicted octanol–water partition coefficient (Wildman–Crippen LogP) is 3.35. The van der Waals surface area contributed by atoms with Gasteiger partial charge in [-0.3, -0.25) is 10.1 Å². The van der Waals surface area contributed by atoms with E-state index in [0.29, 0.717) is 17.9 Å². The Morgan fingerprint density at radius 1 is 1.20 bits per heavy atom. The normalized spacial score (nSPS) is 10.2. The molecule has 0 heterocycles. The van der Waals surface area contributed by atoms with Gasteiger partial charge in [-0.25, -0.2) is 0 Å². The standard InChI is InChI=1S/C15H17N3O2/c1-2-11-5-3-4-6-12(11)10-17-15-8-7-13(18(19)20)9-14(15)16/h3-9,17H,2,10,16H2,1H3. The van der Waals surface area contributed by atoms with Crippen molar-refractivity contribution in [2.24, 2.45) is 0 Å². The number of nitro groups is 1. The number of hydrogen-bond acceptors (Lipinski definition) is 4. The average molecular weight is 271 g/mol. The maximum Gasteiger partial charge on any atom is 0.271 e. The molecule has 5 heteroatoms. The van der Waals surface area contributed by atoms with E-state index in [1.54, 1.807) is 6.07 Å². The second-order valence-electron chi connectivity index (χ2n) is 4.50. The lowest BCUT2D eigenvalue weighted by atomic mass is 10.1. The van der Waals surface area contributed by atoms with Gasteiger partial charge in [0, 0.05) is 18.7 Å². The van der Waals surface area contributed by atoms with Crippen LogP contribution in [0.15, 0.2) is 42.5 Å². The third-order valence-electron chi connectivity index (χ3n) is 3.21. The highest BCUT2D eigenvalue weighted by Crippen LogP contribution is 2.24. The number of non-ortho nitro benzene ring substituents is 1. The minimum atomic E-state index is -0.452. The summed E-state index contributed by atoms with van der Waals surface area (Å²) < 4.78 is 0. The Labute approximate surface area is 117 Å². The molecule has 0 radical (unpaired) electrons. The van der Waals surface area contributed by atoms with Crippen LogP contribution in [0.3, 0.4) is 0 Å². The zero-order valence-corrected chi connectivity index (χ0v) is 11.3. The lowest BCUT2D eigenvalue weighted by Crippen LogP contribution is -2.05. The van der Waals surface area contributed by atoms with Crippen LogP contribution in [0.2, 0.25) is 0 Å². The van der Waals surface area contributed by atoms with Crippen molar-refractivity contribution < 1.29 is 4.92 Å². The van der Waals surface area contributed by atoms with Crippen LogP contribution in [0.5, 0.6) is 0 Å². The minimum absolute atomic E-state index is 0.00186. The lowest BCUT2D eigenvalue weighted by Gasteiger charge is -2.12. The molecular weight excluding hydrogens is 254 g/mol. The van der Waals surface area contributed by atoms with Gasteiger partial charge in [-0.15, -0.1) is 0 Å². The Bertz CT molecular complexity index is 626. The minimum Gasteiger partial charge on any atom is -0.397 e. The van der Waals surface area contributed by atoms with Gasteiger partial charge in [0.05, 0.1) is 16.3 Å². The van der Waals surface area contributed by atoms with E-state index in [-0.39, 0.29) is 5.69 Å². The number of nitrogens with zero attached hydrogens (tertiary/aromatic N) is 1. The first-order chi connectivity index (χ1) is 9.61. The fraction of sp³-hybridized carbons (Fsp3) is 0.200. The number of nitrogens with two attached hydrogens (primary N) is 1. The molecule has 0 aliphatic rings. The van der Waals surface area contributed by atoms with Gasteiger partial charge in [-0.1, -0.05) is 31.2 Å². The number of anilines is 2. The molecule has 2 rings (SSSR count). The molecule has 3 N–H and O–H groups in total. The summed E-state index contributed by atoms with van der Waals surface area (Å²) in [7, 11) is 0. The summed E-state index contributed by atoms with van der Waals surface area (Å²) in [6.45, 7) is 2.76. The molecule has 0 unspecified atom stereocenters. The molecule has 0 spiro atoms. The molecular formula is C15H17N3O2. The van der Waals surface area contributed by atoms with Gasteiger partial charge in [0.15, 0.2) is 0 Å². The van der Waals surface area contributed by atoms with Crippen molar-refractivity contribution in [2.75, 3.05) is 11.1 Å². The molecule has 0 aliphatic carbocycles. The number of nitro benzene ring substituents is 1. The van der Waals surface area contributed by atoms with Crippen LogP contribution in [0.1, 0.15) is 18.1 Å². The first kappa shape index (κ1) is 13.9. The third kappa shape index (κ3) is 3.06. The molecule has 0 atom stereocenters. The van der Waals surface area contributed by atoms with Gasteiger partial charge in [0.25, 0.3) is 5.69 Å². The smallest absolute Gasteiger partial charge is 0.271 e. The molecule has 0 saturated heterocycles. The summed E-state index contributed by atoms with van der Waals surface area (Å²) in [6, 6.07) is 12.6. The molecule has 0 fully saturated rings. The van der Waals surface area contributed by atoms with Crippen LogP contribution in [-0.4, -0.2) is 4.92 Å². The molecule has 104 valence electrons. The van der Waals surface area contributed by atoms with E-state index in [1.165, 1.54) is 23.3 Å². The summed E-state index contributed by atoms with van der Waals surface area (Å²) in [6.07, 6.45) is 0.966. The van der Waals surface area contributed by atoms with E-state index < -0.39 is 4.92 Å². The highest BCUT2D eigenvalue weighted by atomic mass is 16.6. The van der Waals surface area contributed by atoms with Gasteiger partial charge in [-0.05, 0) is 23.6 Å². The van der Waals surface area contributed by atoms with Crippen molar-refractivity contribution in [3.8, 4) is 0 Å². The summed E-state index contributed by atoms with van der Waals surface area (Å²) in [5.74, 6) is 0. The molecule has 5 nitrogen and oxygen atoms in total. The van der Waals surface area contributed by atoms with Crippen molar-refractivity contribution >= 4 is 17.1 Å². The highest BCUT2D eigenvalue weighted by molar-refractivity contribution is 5.69.